The van der Waals surface area contributed by atoms with E-state index in [2.05, 4.69) is 5.32 Å². The van der Waals surface area contributed by atoms with Gasteiger partial charge in [-0.05, 0) is 32.3 Å². The maximum Gasteiger partial charge on any atom is 0.341 e. The predicted octanol–water partition coefficient (Wildman–Crippen LogP) is 1.99. The van der Waals surface area contributed by atoms with Gasteiger partial charge in [-0.2, -0.15) is 0 Å². The first kappa shape index (κ1) is 22.2. The summed E-state index contributed by atoms with van der Waals surface area (Å²) in [5, 5.41) is 11.8. The number of nitrogens with zero attached hydrogens (tertiary/aromatic N) is 2. The maximum absolute atomic E-state index is 15.7. The first-order chi connectivity index (χ1) is 15.0. The summed E-state index contributed by atoms with van der Waals surface area (Å²) in [4.78, 5) is 37.5. The molecule has 4 N–H and O–H groups in total. The number of carbonyl (C=O) groups is 2. The quantitative estimate of drug-likeness (QED) is 0.622. The van der Waals surface area contributed by atoms with E-state index in [1.807, 2.05) is 6.92 Å². The molecular weight excluding hydrogens is 422 g/mol. The van der Waals surface area contributed by atoms with Gasteiger partial charge in [0.05, 0.1) is 16.9 Å². The number of hydrogen-bond donors (Lipinski definition) is 3. The molecule has 1 amide bonds. The summed E-state index contributed by atoms with van der Waals surface area (Å²) in [5.74, 6) is -3.51. The zero-order valence-electron chi connectivity index (χ0n) is 18.0. The van der Waals surface area contributed by atoms with Gasteiger partial charge in [-0.3, -0.25) is 9.59 Å². The molecule has 2 atom stereocenters. The van der Waals surface area contributed by atoms with E-state index in [0.717, 1.165) is 25.1 Å². The van der Waals surface area contributed by atoms with Crippen molar-refractivity contribution in [3.63, 3.8) is 0 Å². The molecule has 1 saturated carbocycles. The summed E-state index contributed by atoms with van der Waals surface area (Å²) in [5.41, 5.74) is 3.44. The van der Waals surface area contributed by atoms with Gasteiger partial charge in [0.25, 0.3) is 0 Å². The molecule has 10 heteroatoms. The number of aromatic carboxylic acids is 1. The van der Waals surface area contributed by atoms with Crippen molar-refractivity contribution in [2.24, 2.45) is 11.1 Å². The molecule has 32 heavy (non-hydrogen) atoms. The lowest BCUT2D eigenvalue weighted by Crippen LogP contribution is -2.44. The van der Waals surface area contributed by atoms with Crippen molar-refractivity contribution in [2.75, 3.05) is 24.5 Å². The van der Waals surface area contributed by atoms with Crippen molar-refractivity contribution < 1.29 is 23.5 Å². The van der Waals surface area contributed by atoms with Crippen LogP contribution in [-0.4, -0.2) is 47.2 Å². The molecule has 1 saturated heterocycles. The second kappa shape index (κ2) is 7.84. The molecule has 4 rings (SSSR count). The van der Waals surface area contributed by atoms with Crippen LogP contribution in [0.2, 0.25) is 0 Å². The minimum Gasteiger partial charge on any atom is -0.477 e. The summed E-state index contributed by atoms with van der Waals surface area (Å²) < 4.78 is 32.3. The van der Waals surface area contributed by atoms with E-state index >= 15 is 8.78 Å². The smallest absolute Gasteiger partial charge is 0.341 e. The molecule has 1 aromatic heterocycles. The predicted molar refractivity (Wildman–Crippen MR) is 115 cm³/mol. The van der Waals surface area contributed by atoms with Crippen LogP contribution in [-0.2, 0) is 4.79 Å². The Hall–Kier alpha value is -3.01. The van der Waals surface area contributed by atoms with E-state index in [1.54, 1.807) is 11.8 Å². The molecule has 172 valence electrons. The van der Waals surface area contributed by atoms with Gasteiger partial charge in [0.15, 0.2) is 5.82 Å². The van der Waals surface area contributed by atoms with E-state index in [4.69, 9.17) is 5.73 Å². The topological polar surface area (TPSA) is 118 Å². The highest BCUT2D eigenvalue weighted by Gasteiger charge is 2.38. The number of anilines is 1. The van der Waals surface area contributed by atoms with Crippen molar-refractivity contribution in [1.29, 1.82) is 0 Å². The Morgan fingerprint density at radius 1 is 1.38 bits per heavy atom. The number of carbonyl (C=O) groups excluding carboxylic acids is 1. The number of hydrogen-bond acceptors (Lipinski definition) is 5. The highest BCUT2D eigenvalue weighted by atomic mass is 19.1. The summed E-state index contributed by atoms with van der Waals surface area (Å²) in [6.07, 6.45) is 3.21. The van der Waals surface area contributed by atoms with Crippen LogP contribution < -0.4 is 21.4 Å². The first-order valence-corrected chi connectivity index (χ1v) is 10.6. The number of benzene rings is 1. The number of fused-ring (bicyclic) bond motifs is 1. The number of nitrogens with two attached hydrogens (primary N) is 1. The van der Waals surface area contributed by atoms with Crippen molar-refractivity contribution in [1.82, 2.24) is 9.88 Å². The van der Waals surface area contributed by atoms with Gasteiger partial charge in [-0.15, -0.1) is 0 Å². The average molecular weight is 448 g/mol. The highest BCUT2D eigenvalue weighted by Crippen LogP contribution is 2.41. The van der Waals surface area contributed by atoms with Gasteiger partial charge in [0, 0.05) is 37.3 Å². The van der Waals surface area contributed by atoms with Crippen LogP contribution in [0.4, 0.5) is 14.5 Å². The van der Waals surface area contributed by atoms with Gasteiger partial charge in [0.1, 0.15) is 17.1 Å². The molecule has 8 nitrogen and oxygen atoms in total. The molecule has 0 bridgehead atoms. The molecule has 0 unspecified atom stereocenters. The lowest BCUT2D eigenvalue weighted by atomic mass is 9.89. The van der Waals surface area contributed by atoms with Crippen molar-refractivity contribution in [3.05, 3.63) is 39.7 Å². The number of pyridine rings is 1. The molecular formula is C22H26F2N4O4. The van der Waals surface area contributed by atoms with Crippen LogP contribution >= 0.6 is 0 Å². The van der Waals surface area contributed by atoms with Crippen molar-refractivity contribution in [3.8, 4) is 0 Å². The van der Waals surface area contributed by atoms with Crippen molar-refractivity contribution >= 4 is 28.5 Å². The lowest BCUT2D eigenvalue weighted by molar-refractivity contribution is -0.122. The fourth-order valence-electron chi connectivity index (χ4n) is 4.33. The Morgan fingerprint density at radius 2 is 2.06 bits per heavy atom. The molecule has 2 heterocycles. The average Bonchev–Trinajstić information content (AvgIpc) is 3.49. The van der Waals surface area contributed by atoms with Gasteiger partial charge in [0.2, 0.25) is 11.3 Å². The third-order valence-electron chi connectivity index (χ3n) is 6.33. The van der Waals surface area contributed by atoms with E-state index in [1.165, 1.54) is 4.57 Å². The Kier molecular flexibility index (Phi) is 5.44. The van der Waals surface area contributed by atoms with E-state index in [0.29, 0.717) is 26.1 Å². The van der Waals surface area contributed by atoms with Gasteiger partial charge in [-0.25, -0.2) is 13.6 Å². The SMILES string of the molecule is C[C@H](N)C(=O)NC[C@@]1(C)CCN(c2c(F)cc3c(=O)c(C(=O)O)cn(C4CC4)c3c2F)C1. The van der Waals surface area contributed by atoms with Crippen molar-refractivity contribution in [2.45, 2.75) is 45.2 Å². The monoisotopic (exact) mass is 448 g/mol. The normalized spacial score (nSPS) is 21.7. The van der Waals surface area contributed by atoms with Gasteiger partial charge in [-0.1, -0.05) is 6.92 Å². The van der Waals surface area contributed by atoms with Crippen LogP contribution in [0.1, 0.15) is 49.5 Å². The number of carboxylic acids is 1. The molecule has 2 aliphatic rings. The molecule has 0 spiro atoms. The second-order valence-electron chi connectivity index (χ2n) is 9.22. The zero-order valence-corrected chi connectivity index (χ0v) is 18.0. The summed E-state index contributed by atoms with van der Waals surface area (Å²) in [7, 11) is 0. The second-order valence-corrected chi connectivity index (χ2v) is 9.22. The Labute approximate surface area is 183 Å². The summed E-state index contributed by atoms with van der Waals surface area (Å²) in [6, 6.07) is 0.164. The molecule has 1 aromatic carbocycles. The zero-order chi connectivity index (χ0) is 23.4. The number of nitrogens with one attached hydrogen (secondary N) is 1. The van der Waals surface area contributed by atoms with Gasteiger partial charge >= 0.3 is 5.97 Å². The summed E-state index contributed by atoms with van der Waals surface area (Å²) >= 11 is 0. The fourth-order valence-corrected chi connectivity index (χ4v) is 4.33. The Morgan fingerprint density at radius 3 is 2.66 bits per heavy atom. The minimum atomic E-state index is -1.43. The number of rotatable bonds is 6. The Bertz CT molecular complexity index is 1170. The number of aromatic nitrogens is 1. The Balaban J connectivity index is 1.74. The first-order valence-electron chi connectivity index (χ1n) is 10.6. The largest absolute Gasteiger partial charge is 0.477 e. The van der Waals surface area contributed by atoms with E-state index < -0.39 is 40.1 Å². The minimum absolute atomic E-state index is 0.0715. The standard InChI is InChI=1S/C22H26F2N4O4/c1-11(25)20(30)26-9-22(2)5-6-27(10-22)18-15(23)7-13-17(16(18)24)28(12-3-4-12)8-14(19(13)29)21(31)32/h7-8,11-12H,3-6,9-10,25H2,1-2H3,(H,26,30)(H,31,32)/t11-,22+/m0/s1. The highest BCUT2D eigenvalue weighted by molar-refractivity contribution is 5.94. The third-order valence-corrected chi connectivity index (χ3v) is 6.33. The molecule has 1 aliphatic heterocycles. The molecule has 0 radical (unpaired) electrons. The third kappa shape index (κ3) is 3.83. The van der Waals surface area contributed by atoms with E-state index in [9.17, 15) is 19.5 Å². The molecule has 2 aromatic rings. The lowest BCUT2D eigenvalue weighted by Gasteiger charge is -2.27. The molecule has 1 aliphatic carbocycles. The molecule has 2 fully saturated rings. The summed E-state index contributed by atoms with van der Waals surface area (Å²) in [6.45, 7) is 4.48. The van der Waals surface area contributed by atoms with Crippen LogP contribution in [0.25, 0.3) is 10.9 Å². The van der Waals surface area contributed by atoms with Crippen LogP contribution in [0, 0.1) is 17.0 Å². The number of amides is 1. The van der Waals surface area contributed by atoms with Gasteiger partial charge < -0.3 is 25.6 Å². The maximum atomic E-state index is 15.7. The number of carboxylic acid groups (broad SMARTS) is 1. The van der Waals surface area contributed by atoms with Crippen LogP contribution in [0.3, 0.4) is 0 Å². The fraction of sp³-hybridized carbons (Fsp3) is 0.500. The van der Waals surface area contributed by atoms with Crippen LogP contribution in [0.15, 0.2) is 17.1 Å². The number of halogens is 2. The van der Waals surface area contributed by atoms with E-state index in [-0.39, 0.29) is 28.5 Å². The van der Waals surface area contributed by atoms with Crippen LogP contribution in [0.5, 0.6) is 0 Å².